The van der Waals surface area contributed by atoms with Gasteiger partial charge < -0.3 is 20.1 Å². The van der Waals surface area contributed by atoms with Gasteiger partial charge in [0.1, 0.15) is 5.82 Å². The quantitative estimate of drug-likeness (QED) is 0.236. The van der Waals surface area contributed by atoms with Crippen molar-refractivity contribution < 1.29 is 23.5 Å². The van der Waals surface area contributed by atoms with Crippen molar-refractivity contribution in [3.05, 3.63) is 81.6 Å². The van der Waals surface area contributed by atoms with Crippen LogP contribution in [0.2, 0.25) is 5.02 Å². The molecule has 4 saturated heterocycles. The van der Waals surface area contributed by atoms with Crippen LogP contribution in [0, 0.1) is 11.2 Å². The molecule has 4 aliphatic heterocycles. The molecule has 278 valence electrons. The number of halogens is 2. The summed E-state index contributed by atoms with van der Waals surface area (Å²) in [6.07, 6.45) is 5.68. The van der Waals surface area contributed by atoms with Gasteiger partial charge in [-0.05, 0) is 61.4 Å². The fourth-order valence-electron chi connectivity index (χ4n) is 10.3. The number of aromatic nitrogens is 2. The van der Waals surface area contributed by atoms with Gasteiger partial charge in [-0.15, -0.1) is 0 Å². The number of nitrogens with zero attached hydrogens (tertiary/aromatic N) is 4. The largest absolute Gasteiger partial charge is 0.481 e. The maximum atomic E-state index is 16.8. The molecule has 2 amide bonds. The Morgan fingerprint density at radius 1 is 0.778 bits per heavy atom. The molecule has 2 unspecified atom stereocenters. The topological polar surface area (TPSA) is 109 Å². The third-order valence-electron chi connectivity index (χ3n) is 12.9. The van der Waals surface area contributed by atoms with Crippen molar-refractivity contribution in [3.63, 3.8) is 0 Å². The van der Waals surface area contributed by atoms with Gasteiger partial charge in [0, 0.05) is 96.4 Å². The van der Waals surface area contributed by atoms with Gasteiger partial charge in [0.2, 0.25) is 23.6 Å². The lowest BCUT2D eigenvalue weighted by Gasteiger charge is -2.50. The van der Waals surface area contributed by atoms with E-state index < -0.39 is 5.82 Å². The molecule has 0 saturated carbocycles. The van der Waals surface area contributed by atoms with E-state index in [9.17, 15) is 9.59 Å². The van der Waals surface area contributed by atoms with E-state index in [1.54, 1.807) is 26.4 Å². The van der Waals surface area contributed by atoms with Gasteiger partial charge in [0.25, 0.3) is 0 Å². The number of nitrogens with one attached hydrogen (secondary N) is 2. The summed E-state index contributed by atoms with van der Waals surface area (Å²) in [4.78, 5) is 38.5. The second-order valence-corrected chi connectivity index (χ2v) is 16.6. The summed E-state index contributed by atoms with van der Waals surface area (Å²) in [6.45, 7) is 4.14. The fourth-order valence-corrected chi connectivity index (χ4v) is 10.7. The van der Waals surface area contributed by atoms with Crippen LogP contribution >= 0.6 is 11.6 Å². The number of amides is 2. The molecule has 6 heterocycles. The number of carbonyl (C=O) groups excluding carboxylic acids is 2. The molecular formula is C42H42ClFN6O4. The van der Waals surface area contributed by atoms with Crippen LogP contribution in [0.3, 0.4) is 0 Å². The zero-order valence-electron chi connectivity index (χ0n) is 30.4. The Bertz CT molecular complexity index is 2100. The van der Waals surface area contributed by atoms with Crippen LogP contribution < -0.4 is 20.1 Å². The average Bonchev–Trinajstić information content (AvgIpc) is 3.95. The third-order valence-corrected chi connectivity index (χ3v) is 13.3. The van der Waals surface area contributed by atoms with Crippen molar-refractivity contribution in [1.82, 2.24) is 30.4 Å². The average molecular weight is 749 g/mol. The molecule has 4 fully saturated rings. The highest BCUT2D eigenvalue weighted by Crippen LogP contribution is 2.50. The van der Waals surface area contributed by atoms with E-state index in [-0.39, 0.29) is 34.9 Å². The zero-order valence-corrected chi connectivity index (χ0v) is 31.2. The van der Waals surface area contributed by atoms with Crippen molar-refractivity contribution in [1.29, 1.82) is 0 Å². The molecule has 54 heavy (non-hydrogen) atoms. The molecule has 2 N–H and O–H groups in total. The molecule has 2 atom stereocenters. The second kappa shape index (κ2) is 12.5. The second-order valence-electron chi connectivity index (χ2n) is 16.2. The Balaban J connectivity index is 0.937. The van der Waals surface area contributed by atoms with E-state index in [4.69, 9.17) is 31.0 Å². The Hall–Kier alpha value is -4.58. The molecule has 10 rings (SSSR count). The number of ether oxygens (including phenoxy) is 2. The maximum absolute atomic E-state index is 16.8. The normalized spacial score (nSPS) is 23.6. The van der Waals surface area contributed by atoms with Crippen molar-refractivity contribution in [2.24, 2.45) is 5.41 Å². The Morgan fingerprint density at radius 2 is 1.35 bits per heavy atom. The van der Waals surface area contributed by atoms with E-state index in [1.807, 2.05) is 30.3 Å². The first-order valence-electron chi connectivity index (χ1n) is 19.0. The van der Waals surface area contributed by atoms with E-state index in [1.165, 1.54) is 5.56 Å². The SMILES string of the molecule is COc1nc(-c2cccc(-c3cccc(-c4cc5c(c(OC)n4)C(N4CC6(CCC(=O)N6)C4)CC5)c3Cl)c2F)cc2c1C(N1CC3(CNC(=O)C3)C1)CC2. The Labute approximate surface area is 318 Å². The van der Waals surface area contributed by atoms with Crippen LogP contribution in [0.1, 0.15) is 66.4 Å². The number of rotatable bonds is 7. The number of pyridine rings is 2. The molecule has 2 aromatic heterocycles. The lowest BCUT2D eigenvalue weighted by Crippen LogP contribution is -2.67. The number of likely N-dealkylation sites (tertiary alicyclic amines) is 2. The molecule has 2 spiro atoms. The maximum Gasteiger partial charge on any atom is 0.220 e. The lowest BCUT2D eigenvalue weighted by atomic mass is 9.77. The molecule has 6 aliphatic rings. The number of methoxy groups -OCH3 is 2. The van der Waals surface area contributed by atoms with Crippen LogP contribution in [0.15, 0.2) is 48.5 Å². The summed E-state index contributed by atoms with van der Waals surface area (Å²) < 4.78 is 28.5. The van der Waals surface area contributed by atoms with Crippen LogP contribution in [0.5, 0.6) is 11.8 Å². The molecule has 4 aromatic rings. The van der Waals surface area contributed by atoms with E-state index in [0.29, 0.717) is 63.3 Å². The van der Waals surface area contributed by atoms with E-state index in [0.717, 1.165) is 81.5 Å². The van der Waals surface area contributed by atoms with Gasteiger partial charge in [-0.25, -0.2) is 14.4 Å². The van der Waals surface area contributed by atoms with Crippen LogP contribution in [0.4, 0.5) is 4.39 Å². The van der Waals surface area contributed by atoms with Gasteiger partial charge in [0.05, 0.1) is 36.2 Å². The molecule has 12 heteroatoms. The van der Waals surface area contributed by atoms with Crippen LogP contribution in [-0.4, -0.2) is 84.1 Å². The first-order valence-corrected chi connectivity index (χ1v) is 19.3. The third kappa shape index (κ3) is 5.26. The summed E-state index contributed by atoms with van der Waals surface area (Å²) >= 11 is 7.18. The molecule has 10 nitrogen and oxygen atoms in total. The zero-order chi connectivity index (χ0) is 36.9. The highest BCUT2D eigenvalue weighted by Gasteiger charge is 2.52. The van der Waals surface area contributed by atoms with Crippen LogP contribution in [0.25, 0.3) is 33.6 Å². The number of fused-ring (bicyclic) bond motifs is 2. The number of hydrogen-bond acceptors (Lipinski definition) is 8. The summed E-state index contributed by atoms with van der Waals surface area (Å²) in [5.41, 5.74) is 7.63. The standard InChI is InChI=1S/C42H42ClFN6O4/c1-53-39-36-23(10-12-32(36)50-21-42(22-50)14-13-33(51)48-42)15-29(46-39)27-7-3-5-25(37(27)43)26-6-4-8-28(38(26)44)30-16-24-9-11-31(35(24)40(47-30)54-2)49-19-41(20-49)17-34(52)45-18-41/h3-8,15-16,31-32H,9-14,17-22H2,1-2H3,(H,45,52)(H,48,51). The minimum absolute atomic E-state index is 0.0311. The summed E-state index contributed by atoms with van der Waals surface area (Å²) in [5, 5.41) is 6.59. The number of aryl methyl sites for hydroxylation is 2. The first kappa shape index (κ1) is 33.9. The first-order chi connectivity index (χ1) is 26.2. The van der Waals surface area contributed by atoms with Crippen molar-refractivity contribution in [2.45, 2.75) is 62.6 Å². The van der Waals surface area contributed by atoms with Gasteiger partial charge in [-0.1, -0.05) is 41.9 Å². The van der Waals surface area contributed by atoms with Gasteiger partial charge >= 0.3 is 0 Å². The van der Waals surface area contributed by atoms with Gasteiger partial charge in [-0.2, -0.15) is 0 Å². The Morgan fingerprint density at radius 3 is 1.93 bits per heavy atom. The Kier molecular flexibility index (Phi) is 7.84. The van der Waals surface area contributed by atoms with E-state index in [2.05, 4.69) is 26.5 Å². The highest BCUT2D eigenvalue weighted by molar-refractivity contribution is 6.36. The van der Waals surface area contributed by atoms with Crippen LogP contribution in [-0.2, 0) is 22.4 Å². The molecular weight excluding hydrogens is 707 g/mol. The lowest BCUT2D eigenvalue weighted by molar-refractivity contribution is -0.121. The minimum atomic E-state index is -0.406. The summed E-state index contributed by atoms with van der Waals surface area (Å²) in [5.74, 6) is 0.971. The molecule has 0 bridgehead atoms. The molecule has 2 aromatic carbocycles. The smallest absolute Gasteiger partial charge is 0.220 e. The van der Waals surface area contributed by atoms with E-state index >= 15 is 4.39 Å². The van der Waals surface area contributed by atoms with Crippen molar-refractivity contribution >= 4 is 23.4 Å². The van der Waals surface area contributed by atoms with Crippen molar-refractivity contribution in [2.75, 3.05) is 46.9 Å². The predicted octanol–water partition coefficient (Wildman–Crippen LogP) is 6.05. The molecule has 2 aliphatic carbocycles. The highest BCUT2D eigenvalue weighted by atomic mass is 35.5. The fraction of sp³-hybridized carbons (Fsp3) is 0.429. The van der Waals surface area contributed by atoms with Gasteiger partial charge in [0.15, 0.2) is 0 Å². The monoisotopic (exact) mass is 748 g/mol. The summed E-state index contributed by atoms with van der Waals surface area (Å²) in [7, 11) is 3.27. The predicted molar refractivity (Wildman–Crippen MR) is 202 cm³/mol. The van der Waals surface area contributed by atoms with Crippen molar-refractivity contribution in [3.8, 4) is 45.4 Å². The number of benzene rings is 2. The minimum Gasteiger partial charge on any atom is -0.481 e. The summed E-state index contributed by atoms with van der Waals surface area (Å²) in [6, 6.07) is 15.4. The number of carbonyl (C=O) groups is 2. The molecule has 0 radical (unpaired) electrons. The number of hydrogen-bond donors (Lipinski definition) is 2. The van der Waals surface area contributed by atoms with Gasteiger partial charge in [-0.3, -0.25) is 19.4 Å².